The second-order valence-corrected chi connectivity index (χ2v) is 6.44. The second kappa shape index (κ2) is 4.27. The molecule has 0 aliphatic carbocycles. The third-order valence-corrected chi connectivity index (χ3v) is 3.14. The first kappa shape index (κ1) is 12.3. The van der Waals surface area contributed by atoms with Crippen molar-refractivity contribution >= 4 is 34.8 Å². The molecule has 2 N–H and O–H groups in total. The average Bonchev–Trinajstić information content (AvgIpc) is 2.70. The quantitative estimate of drug-likeness (QED) is 0.818. The molecule has 1 aliphatic heterocycles. The van der Waals surface area contributed by atoms with E-state index in [1.807, 2.05) is 20.8 Å². The van der Waals surface area contributed by atoms with E-state index in [2.05, 4.69) is 20.6 Å². The van der Waals surface area contributed by atoms with Gasteiger partial charge in [-0.15, -0.1) is 11.3 Å². The molecule has 0 fully saturated rings. The molecule has 92 valence electrons. The topological polar surface area (TPSA) is 66.4 Å². The summed E-state index contributed by atoms with van der Waals surface area (Å²) in [7, 11) is 0. The maximum Gasteiger partial charge on any atom is 0.258 e. The summed E-state index contributed by atoms with van der Waals surface area (Å²) in [4.78, 5) is 20.1. The molecule has 2 rings (SSSR count). The van der Waals surface area contributed by atoms with E-state index in [4.69, 9.17) is 11.6 Å². The van der Waals surface area contributed by atoms with Crippen LogP contribution in [-0.2, 0) is 4.79 Å². The number of nitrogens with one attached hydrogen (secondary N) is 2. The first-order valence-electron chi connectivity index (χ1n) is 5.13. The number of guanidine groups is 1. The highest BCUT2D eigenvalue weighted by molar-refractivity contribution is 7.16. The van der Waals surface area contributed by atoms with Crippen molar-refractivity contribution in [1.29, 1.82) is 0 Å². The summed E-state index contributed by atoms with van der Waals surface area (Å²) < 4.78 is 0.556. The zero-order valence-electron chi connectivity index (χ0n) is 9.74. The zero-order valence-corrected chi connectivity index (χ0v) is 11.3. The lowest BCUT2D eigenvalue weighted by Crippen LogP contribution is -2.46. The van der Waals surface area contributed by atoms with Crippen LogP contribution in [0.2, 0.25) is 4.34 Å². The van der Waals surface area contributed by atoms with Crippen LogP contribution in [0.3, 0.4) is 0 Å². The highest BCUT2D eigenvalue weighted by Crippen LogP contribution is 2.28. The van der Waals surface area contributed by atoms with Crippen LogP contribution < -0.4 is 10.6 Å². The predicted octanol–water partition coefficient (Wildman–Crippen LogP) is 1.71. The standard InChI is InChI=1S/C10H13ClN4OS/c1-10(2,3)15-9-13-6(7(16)14-9)8-12-4-5(11)17-8/h4,6H,1-3H3,(H2,13,14,15,16). The van der Waals surface area contributed by atoms with Crippen LogP contribution in [0.1, 0.15) is 31.8 Å². The Labute approximate surface area is 108 Å². The summed E-state index contributed by atoms with van der Waals surface area (Å²) in [5.41, 5.74) is -0.151. The molecule has 0 radical (unpaired) electrons. The Morgan fingerprint density at radius 3 is 2.76 bits per heavy atom. The molecule has 1 aromatic rings. The van der Waals surface area contributed by atoms with Crippen LogP contribution in [0.15, 0.2) is 11.2 Å². The number of hydrogen-bond donors (Lipinski definition) is 2. The molecular weight excluding hydrogens is 260 g/mol. The van der Waals surface area contributed by atoms with Gasteiger partial charge in [-0.2, -0.15) is 0 Å². The molecule has 1 aromatic heterocycles. The number of halogens is 1. The van der Waals surface area contributed by atoms with Crippen LogP contribution in [-0.4, -0.2) is 22.4 Å². The van der Waals surface area contributed by atoms with Crippen molar-refractivity contribution in [3.8, 4) is 0 Å². The number of rotatable bonds is 1. The van der Waals surface area contributed by atoms with Crippen molar-refractivity contribution in [3.63, 3.8) is 0 Å². The molecule has 0 spiro atoms. The van der Waals surface area contributed by atoms with Crippen LogP contribution in [0, 0.1) is 0 Å². The Morgan fingerprint density at radius 1 is 1.53 bits per heavy atom. The Kier molecular flexibility index (Phi) is 3.09. The maximum atomic E-state index is 11.7. The molecule has 0 bridgehead atoms. The number of aliphatic imine (C=N–C) groups is 1. The maximum absolute atomic E-state index is 11.7. The number of amides is 1. The van der Waals surface area contributed by atoms with E-state index >= 15 is 0 Å². The first-order chi connectivity index (χ1) is 7.85. The lowest BCUT2D eigenvalue weighted by Gasteiger charge is -2.21. The summed E-state index contributed by atoms with van der Waals surface area (Å²) in [5, 5.41) is 6.42. The van der Waals surface area contributed by atoms with Gasteiger partial charge in [0.15, 0.2) is 12.0 Å². The van der Waals surface area contributed by atoms with Crippen molar-refractivity contribution in [3.05, 3.63) is 15.5 Å². The Bertz CT molecular complexity index is 477. The van der Waals surface area contributed by atoms with E-state index in [1.54, 1.807) is 0 Å². The fourth-order valence-electron chi connectivity index (χ4n) is 1.38. The van der Waals surface area contributed by atoms with E-state index in [0.717, 1.165) is 0 Å². The van der Waals surface area contributed by atoms with Crippen molar-refractivity contribution in [2.75, 3.05) is 0 Å². The van der Waals surface area contributed by atoms with Gasteiger partial charge in [-0.25, -0.2) is 9.98 Å². The third kappa shape index (κ3) is 2.95. The molecule has 0 saturated carbocycles. The minimum Gasteiger partial charge on any atom is -0.351 e. The SMILES string of the molecule is CC(C)(C)NC1=NC(c2ncc(Cl)s2)C(=O)N1. The normalized spacial score (nSPS) is 20.1. The Morgan fingerprint density at radius 2 is 2.24 bits per heavy atom. The van der Waals surface area contributed by atoms with Gasteiger partial charge in [0.2, 0.25) is 0 Å². The molecule has 0 aromatic carbocycles. The Hall–Kier alpha value is -1.14. The van der Waals surface area contributed by atoms with E-state index in [9.17, 15) is 4.79 Å². The Balaban J connectivity index is 2.17. The number of carbonyl (C=O) groups excluding carboxylic acids is 1. The molecular formula is C10H13ClN4OS. The van der Waals surface area contributed by atoms with E-state index < -0.39 is 6.04 Å². The molecule has 2 heterocycles. The zero-order chi connectivity index (χ0) is 12.6. The highest BCUT2D eigenvalue weighted by atomic mass is 35.5. The van der Waals surface area contributed by atoms with E-state index in [1.165, 1.54) is 17.5 Å². The molecule has 17 heavy (non-hydrogen) atoms. The molecule has 7 heteroatoms. The van der Waals surface area contributed by atoms with E-state index in [0.29, 0.717) is 15.3 Å². The number of hydrogen-bond acceptors (Lipinski definition) is 5. The summed E-state index contributed by atoms with van der Waals surface area (Å²) in [5.74, 6) is 0.307. The van der Waals surface area contributed by atoms with Crippen molar-refractivity contribution in [2.24, 2.45) is 4.99 Å². The third-order valence-electron chi connectivity index (χ3n) is 1.97. The van der Waals surface area contributed by atoms with Crippen LogP contribution in [0.25, 0.3) is 0 Å². The van der Waals surface area contributed by atoms with Gasteiger partial charge in [0.05, 0.1) is 6.20 Å². The molecule has 1 unspecified atom stereocenters. The van der Waals surface area contributed by atoms with Gasteiger partial charge in [0.1, 0.15) is 9.34 Å². The number of thiazole rings is 1. The summed E-state index contributed by atoms with van der Waals surface area (Å²) >= 11 is 7.06. The van der Waals surface area contributed by atoms with Crippen molar-refractivity contribution < 1.29 is 4.79 Å². The summed E-state index contributed by atoms with van der Waals surface area (Å²) in [6.07, 6.45) is 1.53. The van der Waals surface area contributed by atoms with Gasteiger partial charge in [0.25, 0.3) is 5.91 Å². The summed E-state index contributed by atoms with van der Waals surface area (Å²) in [6.45, 7) is 5.99. The van der Waals surface area contributed by atoms with Crippen LogP contribution >= 0.6 is 22.9 Å². The predicted molar refractivity (Wildman–Crippen MR) is 68.3 cm³/mol. The fourth-order valence-corrected chi connectivity index (χ4v) is 2.35. The van der Waals surface area contributed by atoms with Gasteiger partial charge in [-0.05, 0) is 20.8 Å². The average molecular weight is 273 g/mol. The second-order valence-electron chi connectivity index (χ2n) is 4.75. The molecule has 1 aliphatic rings. The smallest absolute Gasteiger partial charge is 0.258 e. The molecule has 1 amide bonds. The largest absolute Gasteiger partial charge is 0.351 e. The molecule has 5 nitrogen and oxygen atoms in total. The fraction of sp³-hybridized carbons (Fsp3) is 0.500. The highest BCUT2D eigenvalue weighted by Gasteiger charge is 2.31. The molecule has 0 saturated heterocycles. The van der Waals surface area contributed by atoms with Crippen LogP contribution in [0.5, 0.6) is 0 Å². The van der Waals surface area contributed by atoms with Crippen LogP contribution in [0.4, 0.5) is 0 Å². The lowest BCUT2D eigenvalue weighted by molar-refractivity contribution is -0.120. The van der Waals surface area contributed by atoms with Gasteiger partial charge in [-0.1, -0.05) is 11.6 Å². The number of aromatic nitrogens is 1. The van der Waals surface area contributed by atoms with Gasteiger partial charge < -0.3 is 5.32 Å². The molecule has 1 atom stereocenters. The summed E-state index contributed by atoms with van der Waals surface area (Å²) in [6, 6.07) is -0.586. The van der Waals surface area contributed by atoms with Crippen molar-refractivity contribution in [1.82, 2.24) is 15.6 Å². The van der Waals surface area contributed by atoms with Crippen molar-refractivity contribution in [2.45, 2.75) is 32.4 Å². The van der Waals surface area contributed by atoms with Gasteiger partial charge in [-0.3, -0.25) is 10.1 Å². The van der Waals surface area contributed by atoms with Gasteiger partial charge in [0, 0.05) is 5.54 Å². The van der Waals surface area contributed by atoms with E-state index in [-0.39, 0.29) is 11.4 Å². The first-order valence-corrected chi connectivity index (χ1v) is 6.33. The lowest BCUT2D eigenvalue weighted by atomic mass is 10.1. The minimum absolute atomic E-state index is 0.151. The monoisotopic (exact) mass is 272 g/mol. The van der Waals surface area contributed by atoms with Gasteiger partial charge >= 0.3 is 0 Å². The number of nitrogens with zero attached hydrogens (tertiary/aromatic N) is 2. The number of carbonyl (C=O) groups is 1. The minimum atomic E-state index is -0.586.